The first-order valence-corrected chi connectivity index (χ1v) is 14.5. The maximum Gasteiger partial charge on any atom is 0.258 e. The smallest absolute Gasteiger partial charge is 0.258 e. The first kappa shape index (κ1) is 24.8. The van der Waals surface area contributed by atoms with E-state index in [0.29, 0.717) is 11.2 Å². The van der Waals surface area contributed by atoms with Crippen LogP contribution >= 0.6 is 0 Å². The molecule has 0 unspecified atom stereocenters. The number of amides is 2. The average Bonchev–Trinajstić information content (AvgIpc) is 2.85. The van der Waals surface area contributed by atoms with Gasteiger partial charge in [-0.15, -0.1) is 0 Å². The molecular weight excluding hydrogens is 492 g/mol. The summed E-state index contributed by atoms with van der Waals surface area (Å²) in [5.74, 6) is 3.71. The van der Waals surface area contributed by atoms with Crippen LogP contribution in [0.15, 0.2) is 42.5 Å². The van der Waals surface area contributed by atoms with Crippen LogP contribution in [0.3, 0.4) is 0 Å². The number of aromatic hydroxyl groups is 1. The summed E-state index contributed by atoms with van der Waals surface area (Å²) in [5, 5.41) is 16.2. The molecule has 0 aliphatic heterocycles. The maximum absolute atomic E-state index is 12.6. The molecule has 0 atom stereocenters. The molecule has 3 N–H and O–H groups in total. The standard InChI is InChI=1S/C32H38N2O5/c1-38-27-7-2-20(11-26(27)35)12-28(36)33-31-17-32(18-31,19-31)34-29(37)16-39-25-5-3-24(4-6-25)30-13-21-8-22(14-30)10-23(9-21)15-30/h2-7,11,21-23,35H,8-10,12-19H2,1H3,(H,33,36)(H,34,37). The molecule has 7 heteroatoms. The summed E-state index contributed by atoms with van der Waals surface area (Å²) in [7, 11) is 1.49. The zero-order chi connectivity index (χ0) is 26.8. The molecule has 7 nitrogen and oxygen atoms in total. The van der Waals surface area contributed by atoms with E-state index in [1.54, 1.807) is 18.2 Å². The van der Waals surface area contributed by atoms with Crippen LogP contribution in [0.4, 0.5) is 0 Å². The van der Waals surface area contributed by atoms with E-state index in [2.05, 4.69) is 22.8 Å². The van der Waals surface area contributed by atoms with Gasteiger partial charge in [-0.3, -0.25) is 9.59 Å². The summed E-state index contributed by atoms with van der Waals surface area (Å²) < 4.78 is 10.9. The number of phenolic OH excluding ortho intramolecular Hbond substituents is 1. The van der Waals surface area contributed by atoms with Crippen LogP contribution in [-0.4, -0.2) is 41.7 Å². The van der Waals surface area contributed by atoms with Crippen LogP contribution in [0.25, 0.3) is 0 Å². The van der Waals surface area contributed by atoms with Crippen LogP contribution in [-0.2, 0) is 21.4 Å². The highest BCUT2D eigenvalue weighted by Crippen LogP contribution is 2.61. The van der Waals surface area contributed by atoms with Crippen molar-refractivity contribution in [3.8, 4) is 17.2 Å². The Morgan fingerprint density at radius 1 is 0.872 bits per heavy atom. The van der Waals surface area contributed by atoms with Crippen molar-refractivity contribution in [2.45, 2.75) is 80.7 Å². The fourth-order valence-corrected chi connectivity index (χ4v) is 9.27. The van der Waals surface area contributed by atoms with Gasteiger partial charge in [0.05, 0.1) is 13.5 Å². The number of hydrogen-bond donors (Lipinski definition) is 3. The molecule has 2 aromatic carbocycles. The van der Waals surface area contributed by atoms with Crippen LogP contribution in [0.5, 0.6) is 17.2 Å². The highest BCUT2D eigenvalue weighted by atomic mass is 16.5. The van der Waals surface area contributed by atoms with E-state index in [1.165, 1.54) is 51.2 Å². The minimum atomic E-state index is -0.229. The summed E-state index contributed by atoms with van der Waals surface area (Å²) in [6.07, 6.45) is 10.8. The number of ether oxygens (including phenoxy) is 2. The summed E-state index contributed by atoms with van der Waals surface area (Å²) >= 11 is 0. The van der Waals surface area contributed by atoms with E-state index in [4.69, 9.17) is 9.47 Å². The molecule has 6 bridgehead atoms. The number of benzene rings is 2. The molecule has 7 aliphatic rings. The number of carbonyl (C=O) groups is 2. The molecule has 0 radical (unpaired) electrons. The van der Waals surface area contributed by atoms with Crippen LogP contribution < -0.4 is 20.1 Å². The normalized spacial score (nSPS) is 34.9. The van der Waals surface area contributed by atoms with Crippen molar-refractivity contribution in [3.05, 3.63) is 53.6 Å². The van der Waals surface area contributed by atoms with Gasteiger partial charge in [0.15, 0.2) is 18.1 Å². The molecule has 0 aromatic heterocycles. The third-order valence-corrected chi connectivity index (χ3v) is 10.3. The van der Waals surface area contributed by atoms with E-state index in [0.717, 1.165) is 48.3 Å². The van der Waals surface area contributed by atoms with E-state index >= 15 is 0 Å². The van der Waals surface area contributed by atoms with Crippen LogP contribution in [0.1, 0.15) is 68.9 Å². The molecule has 7 fully saturated rings. The third kappa shape index (κ3) is 4.44. The minimum absolute atomic E-state index is 0.00121. The number of phenols is 1. The lowest BCUT2D eigenvalue weighted by atomic mass is 9.44. The van der Waals surface area contributed by atoms with E-state index in [1.807, 2.05) is 12.1 Å². The molecule has 7 aliphatic carbocycles. The van der Waals surface area contributed by atoms with Crippen molar-refractivity contribution in [1.29, 1.82) is 0 Å². The third-order valence-electron chi connectivity index (χ3n) is 10.3. The number of nitrogens with one attached hydrogen (secondary N) is 2. The summed E-state index contributed by atoms with van der Waals surface area (Å²) in [5.41, 5.74) is 2.10. The molecule has 39 heavy (non-hydrogen) atoms. The molecule has 0 spiro atoms. The molecule has 9 rings (SSSR count). The van der Waals surface area contributed by atoms with Gasteiger partial charge >= 0.3 is 0 Å². The highest BCUT2D eigenvalue weighted by molar-refractivity contribution is 5.82. The molecule has 206 valence electrons. The molecule has 7 saturated carbocycles. The van der Waals surface area contributed by atoms with Gasteiger partial charge in [0.25, 0.3) is 5.91 Å². The Bertz CT molecular complexity index is 1250. The summed E-state index contributed by atoms with van der Waals surface area (Å²) in [6, 6.07) is 13.5. The topological polar surface area (TPSA) is 96.9 Å². The predicted octanol–water partition coefficient (Wildman–Crippen LogP) is 4.40. The van der Waals surface area contributed by atoms with Crippen molar-refractivity contribution in [3.63, 3.8) is 0 Å². The number of methoxy groups -OCH3 is 1. The van der Waals surface area contributed by atoms with Crippen molar-refractivity contribution in [2.24, 2.45) is 17.8 Å². The minimum Gasteiger partial charge on any atom is -0.504 e. The van der Waals surface area contributed by atoms with Gasteiger partial charge in [0, 0.05) is 11.1 Å². The Balaban J connectivity index is 0.863. The molecule has 0 heterocycles. The fourth-order valence-electron chi connectivity index (χ4n) is 9.27. The second kappa shape index (κ2) is 8.90. The SMILES string of the molecule is COc1ccc(CC(=O)NC23CC(NC(=O)COc4ccc(C56CC7CC(CC(C7)C5)C6)cc4)(C2)C3)cc1O. The largest absolute Gasteiger partial charge is 0.504 e. The number of rotatable bonds is 9. The molecular formula is C32H38N2O5. The van der Waals surface area contributed by atoms with Gasteiger partial charge in [-0.2, -0.15) is 0 Å². The summed E-state index contributed by atoms with van der Waals surface area (Å²) in [4.78, 5) is 25.2. The lowest BCUT2D eigenvalue weighted by Crippen LogP contribution is -2.84. The van der Waals surface area contributed by atoms with Crippen molar-refractivity contribution < 1.29 is 24.2 Å². The second-order valence-corrected chi connectivity index (χ2v) is 13.4. The molecule has 2 amide bonds. The average molecular weight is 531 g/mol. The Morgan fingerprint density at radius 3 is 2.03 bits per heavy atom. The monoisotopic (exact) mass is 530 g/mol. The van der Waals surface area contributed by atoms with Gasteiger partial charge in [0.2, 0.25) is 5.91 Å². The molecule has 2 aromatic rings. The zero-order valence-electron chi connectivity index (χ0n) is 22.6. The first-order valence-electron chi connectivity index (χ1n) is 14.5. The first-order chi connectivity index (χ1) is 18.7. The second-order valence-electron chi connectivity index (χ2n) is 13.4. The maximum atomic E-state index is 12.6. The number of hydrogen-bond acceptors (Lipinski definition) is 5. The Morgan fingerprint density at radius 2 is 1.46 bits per heavy atom. The van der Waals surface area contributed by atoms with Gasteiger partial charge in [-0.1, -0.05) is 18.2 Å². The van der Waals surface area contributed by atoms with Gasteiger partial charge < -0.3 is 25.2 Å². The number of carbonyl (C=O) groups excluding carboxylic acids is 2. The zero-order valence-corrected chi connectivity index (χ0v) is 22.6. The van der Waals surface area contributed by atoms with Crippen molar-refractivity contribution in [2.75, 3.05) is 13.7 Å². The Labute approximate surface area is 229 Å². The predicted molar refractivity (Wildman–Crippen MR) is 146 cm³/mol. The van der Waals surface area contributed by atoms with E-state index < -0.39 is 0 Å². The van der Waals surface area contributed by atoms with Crippen molar-refractivity contribution in [1.82, 2.24) is 10.6 Å². The fraction of sp³-hybridized carbons (Fsp3) is 0.562. The van der Waals surface area contributed by atoms with Gasteiger partial charge in [-0.25, -0.2) is 0 Å². The van der Waals surface area contributed by atoms with Gasteiger partial charge in [-0.05, 0) is 116 Å². The lowest BCUT2D eigenvalue weighted by molar-refractivity contribution is -0.150. The van der Waals surface area contributed by atoms with Crippen molar-refractivity contribution >= 4 is 11.8 Å². The highest BCUT2D eigenvalue weighted by Gasteiger charge is 2.69. The van der Waals surface area contributed by atoms with Crippen LogP contribution in [0, 0.1) is 17.8 Å². The molecule has 0 saturated heterocycles. The summed E-state index contributed by atoms with van der Waals surface area (Å²) in [6.45, 7) is -0.00121. The van der Waals surface area contributed by atoms with Gasteiger partial charge in [0.1, 0.15) is 5.75 Å². The Kier molecular flexibility index (Phi) is 5.66. The van der Waals surface area contributed by atoms with E-state index in [9.17, 15) is 14.7 Å². The lowest BCUT2D eigenvalue weighted by Gasteiger charge is -2.70. The quantitative estimate of drug-likeness (QED) is 0.447. The Hall–Kier alpha value is -3.22. The van der Waals surface area contributed by atoms with E-state index in [-0.39, 0.29) is 41.7 Å². The van der Waals surface area contributed by atoms with Crippen LogP contribution in [0.2, 0.25) is 0 Å².